The Morgan fingerprint density at radius 3 is 2.65 bits per heavy atom. The summed E-state index contributed by atoms with van der Waals surface area (Å²) in [5.74, 6) is 2.70. The van der Waals surface area contributed by atoms with Gasteiger partial charge in [0.05, 0.1) is 18.1 Å². The number of nitrogens with zero attached hydrogens (tertiary/aromatic N) is 2. The predicted octanol–water partition coefficient (Wildman–Crippen LogP) is 2.76. The van der Waals surface area contributed by atoms with E-state index >= 15 is 0 Å². The summed E-state index contributed by atoms with van der Waals surface area (Å²) >= 11 is 0. The molecule has 4 heteroatoms. The molecule has 1 aliphatic carbocycles. The standard InChI is InChI=1S/C13H18N2O2/c1-2-4-8(3-1)12-14-13(17-15-12)10-7-9-5-6-11(10)16-9/h8-11H,1-7H2. The Labute approximate surface area is 101 Å². The fourth-order valence-electron chi connectivity index (χ4n) is 3.65. The van der Waals surface area contributed by atoms with Gasteiger partial charge in [0.1, 0.15) is 0 Å². The molecule has 0 N–H and O–H groups in total. The van der Waals surface area contributed by atoms with Crippen LogP contribution in [-0.2, 0) is 4.74 Å². The highest BCUT2D eigenvalue weighted by molar-refractivity contribution is 5.07. The molecule has 0 aromatic carbocycles. The first-order valence-electron chi connectivity index (χ1n) is 6.89. The highest BCUT2D eigenvalue weighted by Crippen LogP contribution is 2.44. The van der Waals surface area contributed by atoms with E-state index in [1.807, 2.05) is 0 Å². The van der Waals surface area contributed by atoms with Gasteiger partial charge in [0.15, 0.2) is 5.82 Å². The molecule has 2 bridgehead atoms. The van der Waals surface area contributed by atoms with Crippen molar-refractivity contribution in [2.24, 2.45) is 0 Å². The van der Waals surface area contributed by atoms with Crippen molar-refractivity contribution in [3.63, 3.8) is 0 Å². The van der Waals surface area contributed by atoms with E-state index in [2.05, 4.69) is 10.1 Å². The lowest BCUT2D eigenvalue weighted by atomic mass is 9.89. The molecule has 17 heavy (non-hydrogen) atoms. The quantitative estimate of drug-likeness (QED) is 0.789. The molecule has 3 aliphatic rings. The molecule has 1 aromatic heterocycles. The van der Waals surface area contributed by atoms with Crippen LogP contribution >= 0.6 is 0 Å². The molecule has 0 radical (unpaired) electrons. The van der Waals surface area contributed by atoms with Crippen molar-refractivity contribution >= 4 is 0 Å². The maximum atomic E-state index is 5.85. The summed E-state index contributed by atoms with van der Waals surface area (Å²) in [6.07, 6.45) is 9.33. The Hall–Kier alpha value is -0.900. The zero-order valence-corrected chi connectivity index (χ0v) is 9.97. The summed E-state index contributed by atoms with van der Waals surface area (Å²) in [6.45, 7) is 0. The van der Waals surface area contributed by atoms with Gasteiger partial charge < -0.3 is 9.26 Å². The monoisotopic (exact) mass is 234 g/mol. The molecular formula is C13H18N2O2. The van der Waals surface area contributed by atoms with Crippen molar-refractivity contribution in [1.29, 1.82) is 0 Å². The van der Waals surface area contributed by atoms with E-state index in [9.17, 15) is 0 Å². The fraction of sp³-hybridized carbons (Fsp3) is 0.846. The normalized spacial score (nSPS) is 37.1. The van der Waals surface area contributed by atoms with Gasteiger partial charge in [-0.05, 0) is 32.1 Å². The highest BCUT2D eigenvalue weighted by Gasteiger charge is 2.44. The van der Waals surface area contributed by atoms with Crippen LogP contribution in [0.2, 0.25) is 0 Å². The van der Waals surface area contributed by atoms with Crippen LogP contribution in [0.15, 0.2) is 4.52 Å². The summed E-state index contributed by atoms with van der Waals surface area (Å²) in [5, 5.41) is 4.18. The summed E-state index contributed by atoms with van der Waals surface area (Å²) < 4.78 is 11.3. The van der Waals surface area contributed by atoms with Crippen LogP contribution < -0.4 is 0 Å². The minimum atomic E-state index is 0.344. The van der Waals surface area contributed by atoms with Crippen LogP contribution in [0.25, 0.3) is 0 Å². The van der Waals surface area contributed by atoms with Crippen molar-refractivity contribution in [3.05, 3.63) is 11.7 Å². The summed E-state index contributed by atoms with van der Waals surface area (Å²) in [7, 11) is 0. The first-order valence-corrected chi connectivity index (χ1v) is 6.89. The number of ether oxygens (including phenoxy) is 1. The average molecular weight is 234 g/mol. The number of hydrogen-bond acceptors (Lipinski definition) is 4. The molecule has 3 fully saturated rings. The number of fused-ring (bicyclic) bond motifs is 2. The lowest BCUT2D eigenvalue weighted by Crippen LogP contribution is -2.14. The van der Waals surface area contributed by atoms with Crippen LogP contribution in [-0.4, -0.2) is 22.3 Å². The van der Waals surface area contributed by atoms with Gasteiger partial charge in [-0.25, -0.2) is 0 Å². The van der Waals surface area contributed by atoms with Gasteiger partial charge in [0, 0.05) is 5.92 Å². The Kier molecular flexibility index (Phi) is 2.25. The van der Waals surface area contributed by atoms with E-state index in [0.717, 1.165) is 24.6 Å². The van der Waals surface area contributed by atoms with Crippen LogP contribution in [0.4, 0.5) is 0 Å². The third-order valence-electron chi connectivity index (χ3n) is 4.60. The predicted molar refractivity (Wildman–Crippen MR) is 60.8 cm³/mol. The fourth-order valence-corrected chi connectivity index (χ4v) is 3.65. The first kappa shape index (κ1) is 10.1. The zero-order chi connectivity index (χ0) is 11.2. The minimum Gasteiger partial charge on any atom is -0.374 e. The third-order valence-corrected chi connectivity index (χ3v) is 4.60. The van der Waals surface area contributed by atoms with Crippen molar-refractivity contribution < 1.29 is 9.26 Å². The van der Waals surface area contributed by atoms with Crippen molar-refractivity contribution in [2.75, 3.05) is 0 Å². The zero-order valence-electron chi connectivity index (χ0n) is 9.97. The van der Waals surface area contributed by atoms with E-state index in [4.69, 9.17) is 9.26 Å². The highest BCUT2D eigenvalue weighted by atomic mass is 16.5. The Morgan fingerprint density at radius 2 is 1.94 bits per heavy atom. The molecule has 4 nitrogen and oxygen atoms in total. The summed E-state index contributed by atoms with van der Waals surface area (Å²) in [4.78, 5) is 4.64. The number of hydrogen-bond donors (Lipinski definition) is 0. The molecular weight excluding hydrogens is 216 g/mol. The molecule has 0 amide bonds. The molecule has 3 heterocycles. The first-order chi connectivity index (χ1) is 8.40. The van der Waals surface area contributed by atoms with Gasteiger partial charge in [-0.2, -0.15) is 4.98 Å². The second-order valence-corrected chi connectivity index (χ2v) is 5.69. The van der Waals surface area contributed by atoms with Gasteiger partial charge in [0.25, 0.3) is 0 Å². The van der Waals surface area contributed by atoms with Crippen LogP contribution in [0, 0.1) is 0 Å². The van der Waals surface area contributed by atoms with Crippen molar-refractivity contribution in [2.45, 2.75) is 69.0 Å². The average Bonchev–Trinajstić information content (AvgIpc) is 3.12. The van der Waals surface area contributed by atoms with Crippen molar-refractivity contribution in [3.8, 4) is 0 Å². The molecule has 0 spiro atoms. The minimum absolute atomic E-state index is 0.344. The maximum absolute atomic E-state index is 5.85. The Morgan fingerprint density at radius 1 is 1.06 bits per heavy atom. The lowest BCUT2D eigenvalue weighted by Gasteiger charge is -2.13. The van der Waals surface area contributed by atoms with Gasteiger partial charge in [-0.1, -0.05) is 18.0 Å². The molecule has 2 saturated heterocycles. The summed E-state index contributed by atoms with van der Waals surface area (Å²) in [6, 6.07) is 0. The van der Waals surface area contributed by atoms with Crippen LogP contribution in [0.5, 0.6) is 0 Å². The van der Waals surface area contributed by atoms with E-state index in [1.165, 1.54) is 32.1 Å². The SMILES string of the molecule is C1CCC(c2noc(C3CC4CCC3O4)n2)C1. The topological polar surface area (TPSA) is 48.2 Å². The van der Waals surface area contributed by atoms with E-state index in [-0.39, 0.29) is 0 Å². The summed E-state index contributed by atoms with van der Waals surface area (Å²) in [5.41, 5.74) is 0. The molecule has 92 valence electrons. The Balaban J connectivity index is 1.54. The Bertz CT molecular complexity index is 411. The lowest BCUT2D eigenvalue weighted by molar-refractivity contribution is 0.0974. The van der Waals surface area contributed by atoms with Gasteiger partial charge in [-0.3, -0.25) is 0 Å². The van der Waals surface area contributed by atoms with Crippen LogP contribution in [0.1, 0.15) is 68.5 Å². The van der Waals surface area contributed by atoms with Gasteiger partial charge in [-0.15, -0.1) is 0 Å². The molecule has 3 atom stereocenters. The molecule has 3 unspecified atom stereocenters. The second-order valence-electron chi connectivity index (χ2n) is 5.69. The number of aromatic nitrogens is 2. The smallest absolute Gasteiger partial charge is 0.232 e. The maximum Gasteiger partial charge on any atom is 0.232 e. The number of rotatable bonds is 2. The molecule has 1 aromatic rings. The van der Waals surface area contributed by atoms with Gasteiger partial charge >= 0.3 is 0 Å². The van der Waals surface area contributed by atoms with E-state index < -0.39 is 0 Å². The second kappa shape index (κ2) is 3.80. The van der Waals surface area contributed by atoms with E-state index in [1.54, 1.807) is 0 Å². The molecule has 2 aliphatic heterocycles. The third kappa shape index (κ3) is 1.61. The largest absolute Gasteiger partial charge is 0.374 e. The van der Waals surface area contributed by atoms with Crippen molar-refractivity contribution in [1.82, 2.24) is 10.1 Å². The van der Waals surface area contributed by atoms with Gasteiger partial charge in [0.2, 0.25) is 5.89 Å². The van der Waals surface area contributed by atoms with Crippen LogP contribution in [0.3, 0.4) is 0 Å². The van der Waals surface area contributed by atoms with E-state index in [0.29, 0.717) is 24.0 Å². The molecule has 1 saturated carbocycles. The molecule has 4 rings (SSSR count).